The largest absolute Gasteiger partial charge is 0.464 e. The number of anilines is 1. The topological polar surface area (TPSA) is 62.7 Å². The second-order valence-corrected chi connectivity index (χ2v) is 6.41. The predicted molar refractivity (Wildman–Crippen MR) is 82.4 cm³/mol. The van der Waals surface area contributed by atoms with Crippen molar-refractivity contribution in [2.75, 3.05) is 39.2 Å². The van der Waals surface area contributed by atoms with Gasteiger partial charge in [-0.25, -0.2) is 9.78 Å². The maximum atomic E-state index is 11.8. The third kappa shape index (κ3) is 3.41. The monoisotopic (exact) mass is 311 g/mol. The molecule has 0 saturated carbocycles. The molecule has 2 heterocycles. The van der Waals surface area contributed by atoms with Gasteiger partial charge in [-0.15, -0.1) is 0 Å². The molecular weight excluding hydrogens is 290 g/mol. The van der Waals surface area contributed by atoms with Gasteiger partial charge in [-0.1, -0.05) is 11.3 Å². The van der Waals surface area contributed by atoms with Gasteiger partial charge in [0.05, 0.1) is 7.11 Å². The first-order chi connectivity index (χ1) is 9.93. The van der Waals surface area contributed by atoms with E-state index in [0.717, 1.165) is 31.1 Å². The molecule has 1 aliphatic heterocycles. The molecule has 6 nitrogen and oxygen atoms in total. The second kappa shape index (κ2) is 6.53. The van der Waals surface area contributed by atoms with E-state index in [1.807, 2.05) is 0 Å². The highest BCUT2D eigenvalue weighted by atomic mass is 32.1. The molecular formula is C14H21N3O3S. The number of aromatic nitrogens is 1. The van der Waals surface area contributed by atoms with E-state index in [2.05, 4.69) is 28.9 Å². The highest BCUT2D eigenvalue weighted by Crippen LogP contribution is 2.30. The van der Waals surface area contributed by atoms with Crippen molar-refractivity contribution < 1.29 is 14.3 Å². The Balaban J connectivity index is 2.27. The van der Waals surface area contributed by atoms with Gasteiger partial charge in [-0.3, -0.25) is 4.79 Å². The first kappa shape index (κ1) is 15.9. The van der Waals surface area contributed by atoms with Gasteiger partial charge in [-0.05, 0) is 26.9 Å². The van der Waals surface area contributed by atoms with Gasteiger partial charge in [0.1, 0.15) is 4.88 Å². The van der Waals surface area contributed by atoms with Crippen LogP contribution in [0.15, 0.2) is 0 Å². The van der Waals surface area contributed by atoms with Crippen LogP contribution in [-0.4, -0.2) is 62.0 Å². The molecule has 2 rings (SSSR count). The van der Waals surface area contributed by atoms with Crippen LogP contribution in [0.1, 0.15) is 39.9 Å². The maximum absolute atomic E-state index is 11.8. The van der Waals surface area contributed by atoms with Crippen LogP contribution in [0.2, 0.25) is 0 Å². The fourth-order valence-electron chi connectivity index (χ4n) is 2.47. The lowest BCUT2D eigenvalue weighted by atomic mass is 10.1. The SMILES string of the molecule is COC(=O)c1nc(N2CCCC(N(C)C)C2)sc1C(C)=O. The number of Topliss-reactive ketones (excluding diaryl/α,β-unsaturated/α-hetero) is 1. The molecule has 0 N–H and O–H groups in total. The number of piperidine rings is 1. The first-order valence-electron chi connectivity index (χ1n) is 6.95. The minimum absolute atomic E-state index is 0.136. The summed E-state index contributed by atoms with van der Waals surface area (Å²) in [6, 6.07) is 0.463. The van der Waals surface area contributed by atoms with Crippen molar-refractivity contribution in [2.45, 2.75) is 25.8 Å². The Morgan fingerprint density at radius 2 is 2.14 bits per heavy atom. The van der Waals surface area contributed by atoms with Crippen molar-refractivity contribution >= 4 is 28.2 Å². The summed E-state index contributed by atoms with van der Waals surface area (Å²) in [4.78, 5) is 32.5. The van der Waals surface area contributed by atoms with E-state index in [9.17, 15) is 9.59 Å². The zero-order valence-electron chi connectivity index (χ0n) is 12.9. The number of ketones is 1. The Labute approximate surface area is 128 Å². The standard InChI is InChI=1S/C14H21N3O3S/c1-9(18)12-11(13(19)20-4)15-14(21-12)17-7-5-6-10(8-17)16(2)3/h10H,5-8H2,1-4H3. The zero-order chi connectivity index (χ0) is 15.6. The number of esters is 1. The zero-order valence-corrected chi connectivity index (χ0v) is 13.7. The van der Waals surface area contributed by atoms with Gasteiger partial charge in [-0.2, -0.15) is 0 Å². The van der Waals surface area contributed by atoms with E-state index in [4.69, 9.17) is 4.74 Å². The fourth-order valence-corrected chi connectivity index (χ4v) is 3.45. The average Bonchev–Trinajstić information content (AvgIpc) is 2.92. The highest BCUT2D eigenvalue weighted by Gasteiger charge is 2.27. The molecule has 1 unspecified atom stereocenters. The van der Waals surface area contributed by atoms with Crippen LogP contribution in [0, 0.1) is 0 Å². The number of hydrogen-bond acceptors (Lipinski definition) is 7. The Bertz CT molecular complexity index is 542. The molecule has 0 spiro atoms. The molecule has 0 radical (unpaired) electrons. The summed E-state index contributed by atoms with van der Waals surface area (Å²) >= 11 is 1.28. The number of carbonyl (C=O) groups excluding carboxylic acids is 2. The van der Waals surface area contributed by atoms with Crippen molar-refractivity contribution in [2.24, 2.45) is 0 Å². The first-order valence-corrected chi connectivity index (χ1v) is 7.77. The van der Waals surface area contributed by atoms with Crippen molar-refractivity contribution in [3.63, 3.8) is 0 Å². The Kier molecular flexibility index (Phi) is 4.95. The summed E-state index contributed by atoms with van der Waals surface area (Å²) in [6.07, 6.45) is 2.23. The molecule has 1 aliphatic rings. The number of nitrogens with zero attached hydrogens (tertiary/aromatic N) is 3. The lowest BCUT2D eigenvalue weighted by Crippen LogP contribution is -2.45. The lowest BCUT2D eigenvalue weighted by molar-refractivity contribution is 0.0591. The van der Waals surface area contributed by atoms with Crippen molar-refractivity contribution in [1.29, 1.82) is 0 Å². The summed E-state index contributed by atoms with van der Waals surface area (Å²) in [5.74, 6) is -0.704. The number of carbonyl (C=O) groups is 2. The molecule has 0 amide bonds. The average molecular weight is 311 g/mol. The minimum Gasteiger partial charge on any atom is -0.464 e. The van der Waals surface area contributed by atoms with Crippen LogP contribution in [0.5, 0.6) is 0 Å². The molecule has 0 aliphatic carbocycles. The smallest absolute Gasteiger partial charge is 0.358 e. The number of likely N-dealkylation sites (N-methyl/N-ethyl adjacent to an activating group) is 1. The third-order valence-electron chi connectivity index (χ3n) is 3.71. The molecule has 1 aromatic rings. The number of rotatable bonds is 4. The van der Waals surface area contributed by atoms with Crippen LogP contribution in [0.4, 0.5) is 5.13 Å². The van der Waals surface area contributed by atoms with Crippen LogP contribution in [0.25, 0.3) is 0 Å². The highest BCUT2D eigenvalue weighted by molar-refractivity contribution is 7.17. The molecule has 21 heavy (non-hydrogen) atoms. The molecule has 7 heteroatoms. The maximum Gasteiger partial charge on any atom is 0.358 e. The molecule has 1 fully saturated rings. The second-order valence-electron chi connectivity index (χ2n) is 5.43. The van der Waals surface area contributed by atoms with Crippen LogP contribution in [-0.2, 0) is 4.74 Å². The van der Waals surface area contributed by atoms with Crippen molar-refractivity contribution in [3.05, 3.63) is 10.6 Å². The summed E-state index contributed by atoms with van der Waals surface area (Å²) in [5.41, 5.74) is 0.136. The van der Waals surface area contributed by atoms with E-state index in [1.54, 1.807) is 0 Å². The Morgan fingerprint density at radius 1 is 1.43 bits per heavy atom. The number of methoxy groups -OCH3 is 1. The summed E-state index contributed by atoms with van der Waals surface area (Å²) in [6.45, 7) is 3.21. The van der Waals surface area contributed by atoms with E-state index in [1.165, 1.54) is 25.4 Å². The molecule has 1 saturated heterocycles. The van der Waals surface area contributed by atoms with Gasteiger partial charge < -0.3 is 14.5 Å². The Hall–Kier alpha value is -1.47. The fraction of sp³-hybridized carbons (Fsp3) is 0.643. The molecule has 1 atom stereocenters. The summed E-state index contributed by atoms with van der Waals surface area (Å²) in [5, 5.41) is 0.729. The predicted octanol–water partition coefficient (Wildman–Crippen LogP) is 1.66. The van der Waals surface area contributed by atoms with E-state index in [-0.39, 0.29) is 11.5 Å². The van der Waals surface area contributed by atoms with Crippen LogP contribution >= 0.6 is 11.3 Å². The summed E-state index contributed by atoms with van der Waals surface area (Å²) < 4.78 is 4.71. The molecule has 116 valence electrons. The minimum atomic E-state index is -0.552. The molecule has 0 aromatic carbocycles. The Morgan fingerprint density at radius 3 is 2.71 bits per heavy atom. The van der Waals surface area contributed by atoms with E-state index in [0.29, 0.717) is 10.9 Å². The molecule has 1 aromatic heterocycles. The van der Waals surface area contributed by atoms with Gasteiger partial charge >= 0.3 is 5.97 Å². The number of ether oxygens (including phenoxy) is 1. The van der Waals surface area contributed by atoms with Crippen LogP contribution < -0.4 is 4.90 Å². The quantitative estimate of drug-likeness (QED) is 0.622. The van der Waals surface area contributed by atoms with Gasteiger partial charge in [0.2, 0.25) is 0 Å². The number of hydrogen-bond donors (Lipinski definition) is 0. The lowest BCUT2D eigenvalue weighted by Gasteiger charge is -2.35. The number of thiazole rings is 1. The van der Waals surface area contributed by atoms with Gasteiger partial charge in [0.15, 0.2) is 16.6 Å². The van der Waals surface area contributed by atoms with E-state index < -0.39 is 5.97 Å². The van der Waals surface area contributed by atoms with Crippen molar-refractivity contribution in [1.82, 2.24) is 9.88 Å². The molecule has 0 bridgehead atoms. The van der Waals surface area contributed by atoms with Crippen molar-refractivity contribution in [3.8, 4) is 0 Å². The van der Waals surface area contributed by atoms with Gasteiger partial charge in [0, 0.05) is 26.1 Å². The summed E-state index contributed by atoms with van der Waals surface area (Å²) in [7, 11) is 5.43. The third-order valence-corrected chi connectivity index (χ3v) is 4.93. The van der Waals surface area contributed by atoms with Gasteiger partial charge in [0.25, 0.3) is 0 Å². The normalized spacial score (nSPS) is 18.9. The van der Waals surface area contributed by atoms with Crippen LogP contribution in [0.3, 0.4) is 0 Å². The van der Waals surface area contributed by atoms with E-state index >= 15 is 0 Å².